The van der Waals surface area contributed by atoms with E-state index in [1.54, 1.807) is 18.4 Å². The molecule has 2 rings (SSSR count). The number of methoxy groups -OCH3 is 1. The van der Waals surface area contributed by atoms with E-state index >= 15 is 0 Å². The van der Waals surface area contributed by atoms with E-state index in [1.165, 1.54) is 10.4 Å². The van der Waals surface area contributed by atoms with E-state index in [4.69, 9.17) is 10.6 Å². The van der Waals surface area contributed by atoms with Crippen LogP contribution in [-0.4, -0.2) is 13.2 Å². The average molecular weight is 341 g/mol. The van der Waals surface area contributed by atoms with E-state index in [2.05, 4.69) is 44.9 Å². The van der Waals surface area contributed by atoms with Gasteiger partial charge in [-0.3, -0.25) is 11.3 Å². The Bertz CT molecular complexity index is 512. The van der Waals surface area contributed by atoms with Gasteiger partial charge in [0.2, 0.25) is 0 Å². The van der Waals surface area contributed by atoms with Gasteiger partial charge in [0.1, 0.15) is 5.75 Å². The standard InChI is InChI=1S/C14H17BrN2OS/c1-18-13-4-2-10(3-5-13)6-12(17-16)8-14-7-11(15)9-19-14/h2-5,7,9,12,17H,6,8,16H2,1H3. The summed E-state index contributed by atoms with van der Waals surface area (Å²) < 4.78 is 6.29. The van der Waals surface area contributed by atoms with Crippen molar-refractivity contribution in [2.75, 3.05) is 7.11 Å². The first-order valence-corrected chi connectivity index (χ1v) is 7.70. The lowest BCUT2D eigenvalue weighted by molar-refractivity contribution is 0.414. The quantitative estimate of drug-likeness (QED) is 0.627. The Kier molecular flexibility index (Phi) is 5.39. The van der Waals surface area contributed by atoms with Gasteiger partial charge in [-0.2, -0.15) is 0 Å². The van der Waals surface area contributed by atoms with Gasteiger partial charge in [0, 0.05) is 20.8 Å². The molecule has 102 valence electrons. The number of hydrogen-bond donors (Lipinski definition) is 2. The maximum absolute atomic E-state index is 5.65. The van der Waals surface area contributed by atoms with Gasteiger partial charge in [-0.1, -0.05) is 12.1 Å². The lowest BCUT2D eigenvalue weighted by atomic mass is 10.0. The number of rotatable bonds is 6. The monoisotopic (exact) mass is 340 g/mol. The second kappa shape index (κ2) is 7.05. The van der Waals surface area contributed by atoms with Gasteiger partial charge < -0.3 is 4.74 Å². The molecule has 1 unspecified atom stereocenters. The van der Waals surface area contributed by atoms with Crippen LogP contribution in [0.25, 0.3) is 0 Å². The highest BCUT2D eigenvalue weighted by molar-refractivity contribution is 9.10. The number of hydrogen-bond acceptors (Lipinski definition) is 4. The van der Waals surface area contributed by atoms with Crippen molar-refractivity contribution in [1.82, 2.24) is 5.43 Å². The first kappa shape index (κ1) is 14.5. The average Bonchev–Trinajstić information content (AvgIpc) is 2.84. The molecule has 1 aromatic heterocycles. The molecular weight excluding hydrogens is 324 g/mol. The summed E-state index contributed by atoms with van der Waals surface area (Å²) in [6.07, 6.45) is 1.83. The zero-order valence-electron chi connectivity index (χ0n) is 10.7. The minimum absolute atomic E-state index is 0.235. The van der Waals surface area contributed by atoms with Crippen molar-refractivity contribution < 1.29 is 4.74 Å². The molecule has 3 nitrogen and oxygen atoms in total. The van der Waals surface area contributed by atoms with Crippen LogP contribution >= 0.6 is 27.3 Å². The van der Waals surface area contributed by atoms with E-state index in [0.29, 0.717) is 0 Å². The summed E-state index contributed by atoms with van der Waals surface area (Å²) in [5.74, 6) is 6.53. The Morgan fingerprint density at radius 3 is 2.58 bits per heavy atom. The molecule has 0 amide bonds. The first-order valence-electron chi connectivity index (χ1n) is 6.03. The van der Waals surface area contributed by atoms with Gasteiger partial charge in [0.05, 0.1) is 7.11 Å². The van der Waals surface area contributed by atoms with Crippen LogP contribution in [-0.2, 0) is 12.8 Å². The molecule has 3 N–H and O–H groups in total. The molecule has 1 heterocycles. The van der Waals surface area contributed by atoms with Crippen molar-refractivity contribution in [3.05, 3.63) is 50.6 Å². The van der Waals surface area contributed by atoms with Crippen molar-refractivity contribution in [2.45, 2.75) is 18.9 Å². The fraction of sp³-hybridized carbons (Fsp3) is 0.286. The molecule has 1 aromatic carbocycles. The topological polar surface area (TPSA) is 47.3 Å². The molecule has 0 aliphatic carbocycles. The molecule has 19 heavy (non-hydrogen) atoms. The van der Waals surface area contributed by atoms with Gasteiger partial charge in [0.25, 0.3) is 0 Å². The van der Waals surface area contributed by atoms with Gasteiger partial charge in [-0.05, 0) is 52.5 Å². The zero-order valence-corrected chi connectivity index (χ0v) is 13.1. The maximum atomic E-state index is 5.65. The lowest BCUT2D eigenvalue weighted by Gasteiger charge is -2.15. The summed E-state index contributed by atoms with van der Waals surface area (Å²) in [4.78, 5) is 1.32. The molecule has 0 aliphatic heterocycles. The predicted octanol–water partition coefficient (Wildman–Crippen LogP) is 3.14. The van der Waals surface area contributed by atoms with Crippen LogP contribution in [0.2, 0.25) is 0 Å². The normalized spacial score (nSPS) is 12.4. The van der Waals surface area contributed by atoms with Crippen LogP contribution in [0.3, 0.4) is 0 Å². The Morgan fingerprint density at radius 1 is 1.32 bits per heavy atom. The number of nitrogens with one attached hydrogen (secondary N) is 1. The molecule has 5 heteroatoms. The fourth-order valence-electron chi connectivity index (χ4n) is 1.94. The molecule has 0 spiro atoms. The molecule has 0 radical (unpaired) electrons. The molecule has 0 fully saturated rings. The van der Waals surface area contributed by atoms with Crippen molar-refractivity contribution in [3.8, 4) is 5.75 Å². The van der Waals surface area contributed by atoms with Crippen molar-refractivity contribution in [3.63, 3.8) is 0 Å². The minimum atomic E-state index is 0.235. The first-order chi connectivity index (χ1) is 9.21. The van der Waals surface area contributed by atoms with Gasteiger partial charge in [-0.15, -0.1) is 11.3 Å². The van der Waals surface area contributed by atoms with Crippen molar-refractivity contribution in [1.29, 1.82) is 0 Å². The number of halogens is 1. The third kappa shape index (κ3) is 4.31. The molecular formula is C14H17BrN2OS. The Morgan fingerprint density at radius 2 is 2.05 bits per heavy atom. The van der Waals surface area contributed by atoms with Crippen LogP contribution in [0.4, 0.5) is 0 Å². The summed E-state index contributed by atoms with van der Waals surface area (Å²) in [7, 11) is 1.67. The highest BCUT2D eigenvalue weighted by Crippen LogP contribution is 2.22. The largest absolute Gasteiger partial charge is 0.497 e. The lowest BCUT2D eigenvalue weighted by Crippen LogP contribution is -2.38. The second-order valence-electron chi connectivity index (χ2n) is 4.35. The number of thiophene rings is 1. The second-order valence-corrected chi connectivity index (χ2v) is 6.26. The molecule has 1 atom stereocenters. The van der Waals surface area contributed by atoms with Crippen molar-refractivity contribution >= 4 is 27.3 Å². The molecule has 0 saturated heterocycles. The van der Waals surface area contributed by atoms with E-state index in [0.717, 1.165) is 23.1 Å². The van der Waals surface area contributed by atoms with Crippen LogP contribution in [0.5, 0.6) is 5.75 Å². The molecule has 0 saturated carbocycles. The Hall–Kier alpha value is -0.880. The molecule has 0 bridgehead atoms. The van der Waals surface area contributed by atoms with Crippen LogP contribution in [0.1, 0.15) is 10.4 Å². The summed E-state index contributed by atoms with van der Waals surface area (Å²) in [5.41, 5.74) is 4.15. The third-order valence-electron chi connectivity index (χ3n) is 2.95. The maximum Gasteiger partial charge on any atom is 0.118 e. The van der Waals surface area contributed by atoms with E-state index in [-0.39, 0.29) is 6.04 Å². The number of nitrogens with two attached hydrogens (primary N) is 1. The van der Waals surface area contributed by atoms with E-state index in [9.17, 15) is 0 Å². The summed E-state index contributed by atoms with van der Waals surface area (Å²) in [6, 6.07) is 10.5. The summed E-state index contributed by atoms with van der Waals surface area (Å²) in [6.45, 7) is 0. The van der Waals surface area contributed by atoms with Crippen molar-refractivity contribution in [2.24, 2.45) is 5.84 Å². The fourth-order valence-corrected chi connectivity index (χ4v) is 3.47. The number of benzene rings is 1. The number of ether oxygens (including phenoxy) is 1. The Balaban J connectivity index is 1.97. The van der Waals surface area contributed by atoms with Crippen LogP contribution < -0.4 is 16.0 Å². The predicted molar refractivity (Wildman–Crippen MR) is 83.5 cm³/mol. The smallest absolute Gasteiger partial charge is 0.118 e. The molecule has 2 aromatic rings. The van der Waals surface area contributed by atoms with E-state index in [1.807, 2.05) is 12.1 Å². The SMILES string of the molecule is COc1ccc(CC(Cc2cc(Br)cs2)NN)cc1. The van der Waals surface area contributed by atoms with Gasteiger partial charge in [-0.25, -0.2) is 0 Å². The highest BCUT2D eigenvalue weighted by atomic mass is 79.9. The molecule has 0 aliphatic rings. The van der Waals surface area contributed by atoms with Gasteiger partial charge >= 0.3 is 0 Å². The zero-order chi connectivity index (χ0) is 13.7. The van der Waals surface area contributed by atoms with Gasteiger partial charge in [0.15, 0.2) is 0 Å². The minimum Gasteiger partial charge on any atom is -0.497 e. The summed E-state index contributed by atoms with van der Waals surface area (Å²) >= 11 is 5.22. The van der Waals surface area contributed by atoms with E-state index < -0.39 is 0 Å². The third-order valence-corrected chi connectivity index (χ3v) is 4.67. The number of hydrazine groups is 1. The Labute approximate surface area is 125 Å². The van der Waals surface area contributed by atoms with Crippen LogP contribution in [0, 0.1) is 0 Å². The van der Waals surface area contributed by atoms with Crippen LogP contribution in [0.15, 0.2) is 40.2 Å². The summed E-state index contributed by atoms with van der Waals surface area (Å²) in [5, 5.41) is 2.09. The highest BCUT2D eigenvalue weighted by Gasteiger charge is 2.10.